The fourth-order valence-corrected chi connectivity index (χ4v) is 3.37. The number of hydrogen-bond acceptors (Lipinski definition) is 6. The van der Waals surface area contributed by atoms with Crippen molar-refractivity contribution in [1.29, 1.82) is 0 Å². The Balaban J connectivity index is 2.04. The normalized spacial score (nSPS) is 10.7. The van der Waals surface area contributed by atoms with Crippen molar-refractivity contribution >= 4 is 39.9 Å². The molecule has 3 rings (SSSR count). The molecule has 2 aromatic heterocycles. The maximum absolute atomic E-state index is 11.4. The van der Waals surface area contributed by atoms with E-state index in [9.17, 15) is 4.79 Å². The van der Waals surface area contributed by atoms with Gasteiger partial charge in [-0.3, -0.25) is 9.78 Å². The quantitative estimate of drug-likeness (QED) is 0.518. The van der Waals surface area contributed by atoms with Crippen molar-refractivity contribution in [1.82, 2.24) is 15.0 Å². The van der Waals surface area contributed by atoms with Crippen LogP contribution < -0.4 is 9.47 Å². The third-order valence-corrected chi connectivity index (χ3v) is 4.92. The first kappa shape index (κ1) is 20.0. The van der Waals surface area contributed by atoms with E-state index in [0.717, 1.165) is 5.39 Å². The summed E-state index contributed by atoms with van der Waals surface area (Å²) in [5.41, 5.74) is 1.70. The number of ketones is 1. The first-order chi connectivity index (χ1) is 13.5. The van der Waals surface area contributed by atoms with Crippen LogP contribution in [0.5, 0.6) is 11.5 Å². The van der Waals surface area contributed by atoms with Crippen LogP contribution in [0.1, 0.15) is 12.2 Å². The van der Waals surface area contributed by atoms with Crippen LogP contribution in [0.4, 0.5) is 0 Å². The Labute approximate surface area is 172 Å². The highest BCUT2D eigenvalue weighted by Gasteiger charge is 2.20. The molecule has 8 heteroatoms. The summed E-state index contributed by atoms with van der Waals surface area (Å²) in [5, 5.41) is 1.43. The zero-order chi connectivity index (χ0) is 20.3. The number of benzene rings is 1. The number of allylic oxidation sites excluding steroid dienone is 1. The van der Waals surface area contributed by atoms with Crippen LogP contribution in [0.25, 0.3) is 22.2 Å². The van der Waals surface area contributed by atoms with E-state index < -0.39 is 0 Å². The average Bonchev–Trinajstić information content (AvgIpc) is 2.72. The molecule has 0 fully saturated rings. The molecule has 28 heavy (non-hydrogen) atoms. The van der Waals surface area contributed by atoms with Gasteiger partial charge in [-0.25, -0.2) is 9.97 Å². The Morgan fingerprint density at radius 3 is 2.39 bits per heavy atom. The maximum Gasteiger partial charge on any atom is 0.155 e. The molecule has 0 saturated carbocycles. The number of carbonyl (C=O) groups excluding carboxylic acids is 1. The number of aromatic nitrogens is 3. The van der Waals surface area contributed by atoms with Crippen LogP contribution in [-0.2, 0) is 11.2 Å². The van der Waals surface area contributed by atoms with Gasteiger partial charge in [0.05, 0.1) is 41.7 Å². The number of nitrogens with zero attached hydrogens (tertiary/aromatic N) is 3. The van der Waals surface area contributed by atoms with Crippen LogP contribution in [-0.4, -0.2) is 35.0 Å². The number of fused-ring (bicyclic) bond motifs is 1. The highest BCUT2D eigenvalue weighted by atomic mass is 35.5. The molecule has 0 atom stereocenters. The summed E-state index contributed by atoms with van der Waals surface area (Å²) in [4.78, 5) is 24.6. The first-order valence-electron chi connectivity index (χ1n) is 8.35. The monoisotopic (exact) mass is 417 g/mol. The number of halogens is 2. The van der Waals surface area contributed by atoms with E-state index in [0.29, 0.717) is 57.0 Å². The minimum absolute atomic E-state index is 0.0478. The zero-order valence-electron chi connectivity index (χ0n) is 15.3. The van der Waals surface area contributed by atoms with Crippen molar-refractivity contribution in [3.05, 3.63) is 53.1 Å². The van der Waals surface area contributed by atoms with Gasteiger partial charge >= 0.3 is 0 Å². The predicted molar refractivity (Wildman–Crippen MR) is 109 cm³/mol. The van der Waals surface area contributed by atoms with Gasteiger partial charge < -0.3 is 9.47 Å². The summed E-state index contributed by atoms with van der Waals surface area (Å²) in [5.74, 6) is 1.38. The number of methoxy groups -OCH3 is 2. The van der Waals surface area contributed by atoms with Crippen LogP contribution in [0.2, 0.25) is 10.0 Å². The molecule has 6 nitrogen and oxygen atoms in total. The molecular weight excluding hydrogens is 401 g/mol. The standard InChI is InChI=1S/C20H17Cl2N3O3/c1-4-12(26)5-6-17-24-9-11-7-13(23-10-14(11)25-17)18-19(21)15(27-2)8-16(28-3)20(18)22/h4,7-10H,1,5-6H2,2-3H3. The van der Waals surface area contributed by atoms with Crippen molar-refractivity contribution in [2.24, 2.45) is 0 Å². The number of ether oxygens (including phenoxy) is 2. The van der Waals surface area contributed by atoms with Crippen molar-refractivity contribution in [2.45, 2.75) is 12.8 Å². The van der Waals surface area contributed by atoms with Crippen LogP contribution in [0, 0.1) is 0 Å². The maximum atomic E-state index is 11.4. The van der Waals surface area contributed by atoms with Crippen molar-refractivity contribution in [2.75, 3.05) is 14.2 Å². The Morgan fingerprint density at radius 1 is 1.11 bits per heavy atom. The molecule has 3 aromatic rings. The SMILES string of the molecule is C=CC(=O)CCc1ncc2cc(-c3c(Cl)c(OC)cc(OC)c3Cl)ncc2n1. The highest BCUT2D eigenvalue weighted by Crippen LogP contribution is 2.45. The second-order valence-electron chi connectivity index (χ2n) is 5.87. The lowest BCUT2D eigenvalue weighted by Gasteiger charge is -2.14. The summed E-state index contributed by atoms with van der Waals surface area (Å²) in [6, 6.07) is 3.41. The molecule has 0 saturated heterocycles. The fraction of sp³-hybridized carbons (Fsp3) is 0.200. The Bertz CT molecular complexity index is 1040. The average molecular weight is 418 g/mol. The van der Waals surface area contributed by atoms with E-state index in [-0.39, 0.29) is 5.78 Å². The molecule has 0 aliphatic heterocycles. The van der Waals surface area contributed by atoms with Crippen molar-refractivity contribution in [3.8, 4) is 22.8 Å². The Hall–Kier alpha value is -2.70. The lowest BCUT2D eigenvalue weighted by atomic mass is 10.1. The molecule has 144 valence electrons. The van der Waals surface area contributed by atoms with Gasteiger partial charge in [-0.2, -0.15) is 0 Å². The zero-order valence-corrected chi connectivity index (χ0v) is 16.8. The van der Waals surface area contributed by atoms with Gasteiger partial charge in [-0.05, 0) is 12.1 Å². The largest absolute Gasteiger partial charge is 0.495 e. The number of aryl methyl sites for hydroxylation is 1. The molecular formula is C20H17Cl2N3O3. The van der Waals surface area contributed by atoms with Crippen LogP contribution in [0.15, 0.2) is 37.2 Å². The molecule has 0 aliphatic carbocycles. The van der Waals surface area contributed by atoms with E-state index in [4.69, 9.17) is 32.7 Å². The molecule has 0 spiro atoms. The highest BCUT2D eigenvalue weighted by molar-refractivity contribution is 6.41. The van der Waals surface area contributed by atoms with E-state index in [1.54, 1.807) is 24.5 Å². The molecule has 0 bridgehead atoms. The Morgan fingerprint density at radius 2 is 1.79 bits per heavy atom. The van der Waals surface area contributed by atoms with E-state index in [2.05, 4.69) is 21.5 Å². The molecule has 0 radical (unpaired) electrons. The predicted octanol–water partition coefficient (Wildman–Crippen LogP) is 4.70. The van der Waals surface area contributed by atoms with E-state index >= 15 is 0 Å². The van der Waals surface area contributed by atoms with Gasteiger partial charge in [-0.15, -0.1) is 0 Å². The summed E-state index contributed by atoms with van der Waals surface area (Å²) in [6.07, 6.45) is 5.34. The number of pyridine rings is 1. The van der Waals surface area contributed by atoms with E-state index in [1.807, 2.05) is 0 Å². The van der Waals surface area contributed by atoms with Crippen molar-refractivity contribution in [3.63, 3.8) is 0 Å². The third kappa shape index (κ3) is 3.93. The van der Waals surface area contributed by atoms with Gasteiger partial charge in [-0.1, -0.05) is 29.8 Å². The lowest BCUT2D eigenvalue weighted by Crippen LogP contribution is -2.01. The van der Waals surface area contributed by atoms with Crippen molar-refractivity contribution < 1.29 is 14.3 Å². The van der Waals surface area contributed by atoms with Gasteiger partial charge in [0.1, 0.15) is 17.3 Å². The summed E-state index contributed by atoms with van der Waals surface area (Å²) >= 11 is 12.9. The molecule has 0 amide bonds. The number of carbonyl (C=O) groups is 1. The third-order valence-electron chi connectivity index (χ3n) is 4.17. The van der Waals surface area contributed by atoms with E-state index in [1.165, 1.54) is 20.3 Å². The molecule has 1 aromatic carbocycles. The second kappa shape index (κ2) is 8.54. The number of hydrogen-bond donors (Lipinski definition) is 0. The van der Waals surface area contributed by atoms with Gasteiger partial charge in [0.2, 0.25) is 0 Å². The minimum atomic E-state index is -0.0478. The minimum Gasteiger partial charge on any atom is -0.495 e. The summed E-state index contributed by atoms with van der Waals surface area (Å²) in [6.45, 7) is 3.46. The molecule has 0 aliphatic rings. The summed E-state index contributed by atoms with van der Waals surface area (Å²) in [7, 11) is 3.03. The van der Waals surface area contributed by atoms with Crippen LogP contribution in [0.3, 0.4) is 0 Å². The smallest absolute Gasteiger partial charge is 0.155 e. The van der Waals surface area contributed by atoms with Crippen LogP contribution >= 0.6 is 23.2 Å². The molecule has 2 heterocycles. The first-order valence-corrected chi connectivity index (χ1v) is 9.11. The molecule has 0 N–H and O–H groups in total. The number of rotatable bonds is 7. The topological polar surface area (TPSA) is 74.2 Å². The Kier molecular flexibility index (Phi) is 6.11. The lowest BCUT2D eigenvalue weighted by molar-refractivity contribution is -0.114. The van der Waals surface area contributed by atoms with Gasteiger partial charge in [0.15, 0.2) is 5.78 Å². The summed E-state index contributed by atoms with van der Waals surface area (Å²) < 4.78 is 10.6. The molecule has 0 unspecified atom stereocenters. The van der Waals surface area contributed by atoms with Gasteiger partial charge in [0.25, 0.3) is 0 Å². The van der Waals surface area contributed by atoms with Gasteiger partial charge in [0, 0.05) is 36.1 Å². The fourth-order valence-electron chi connectivity index (χ4n) is 2.68. The second-order valence-corrected chi connectivity index (χ2v) is 6.63.